The molecule has 0 atom stereocenters. The van der Waals surface area contributed by atoms with Crippen LogP contribution in [0, 0.1) is 0 Å². The fraction of sp³-hybridized carbons (Fsp3) is 0.273. The summed E-state index contributed by atoms with van der Waals surface area (Å²) in [4.78, 5) is 0. The molecule has 0 bridgehead atoms. The minimum atomic E-state index is -1.41. The van der Waals surface area contributed by atoms with Gasteiger partial charge >= 0.3 is 0 Å². The largest absolute Gasteiger partial charge is 0.460 e. The summed E-state index contributed by atoms with van der Waals surface area (Å²) in [7, 11) is -1.41. The van der Waals surface area contributed by atoms with Crippen LogP contribution in [0.3, 0.4) is 0 Å². The predicted molar refractivity (Wildman–Crippen MR) is 59.1 cm³/mol. The minimum absolute atomic E-state index is 0.800. The molecule has 1 aliphatic heterocycles. The SMILES string of the molecule is C[Si](C)(C)C1=COc2ccccc2O1. The number of benzene rings is 1. The van der Waals surface area contributed by atoms with Crippen molar-refractivity contribution in [2.45, 2.75) is 19.6 Å². The van der Waals surface area contributed by atoms with Gasteiger partial charge in [0.05, 0.1) is 0 Å². The van der Waals surface area contributed by atoms with Crippen LogP contribution in [0.25, 0.3) is 0 Å². The van der Waals surface area contributed by atoms with E-state index in [4.69, 9.17) is 9.47 Å². The van der Waals surface area contributed by atoms with Gasteiger partial charge in [-0.15, -0.1) is 0 Å². The van der Waals surface area contributed by atoms with E-state index in [1.54, 1.807) is 6.26 Å². The van der Waals surface area contributed by atoms with E-state index in [1.165, 1.54) is 0 Å². The standard InChI is InChI=1S/C11H14O2Si/c1-14(2,3)11-8-12-9-6-4-5-7-10(9)13-11/h4-8H,1-3H3. The van der Waals surface area contributed by atoms with Gasteiger partial charge in [-0.1, -0.05) is 31.8 Å². The van der Waals surface area contributed by atoms with Crippen molar-refractivity contribution in [3.63, 3.8) is 0 Å². The maximum Gasteiger partial charge on any atom is 0.169 e. The predicted octanol–water partition coefficient (Wildman–Crippen LogP) is 3.18. The summed E-state index contributed by atoms with van der Waals surface area (Å²) in [6.45, 7) is 6.70. The zero-order valence-corrected chi connectivity index (χ0v) is 9.70. The van der Waals surface area contributed by atoms with Crippen molar-refractivity contribution in [2.24, 2.45) is 0 Å². The number of ether oxygens (including phenoxy) is 2. The van der Waals surface area contributed by atoms with E-state index in [0.717, 1.165) is 16.9 Å². The van der Waals surface area contributed by atoms with E-state index in [-0.39, 0.29) is 0 Å². The van der Waals surface area contributed by atoms with Crippen molar-refractivity contribution in [3.8, 4) is 11.5 Å². The molecule has 0 aromatic heterocycles. The first-order valence-electron chi connectivity index (χ1n) is 4.71. The second-order valence-corrected chi connectivity index (χ2v) is 9.39. The van der Waals surface area contributed by atoms with Gasteiger partial charge in [0.1, 0.15) is 19.7 Å². The number of hydrogen-bond acceptors (Lipinski definition) is 2. The fourth-order valence-electron chi connectivity index (χ4n) is 1.22. The Morgan fingerprint density at radius 1 is 1.00 bits per heavy atom. The molecular formula is C11H14O2Si. The highest BCUT2D eigenvalue weighted by Crippen LogP contribution is 2.34. The monoisotopic (exact) mass is 206 g/mol. The highest BCUT2D eigenvalue weighted by atomic mass is 28.3. The van der Waals surface area contributed by atoms with Gasteiger partial charge in [0.25, 0.3) is 0 Å². The summed E-state index contributed by atoms with van der Waals surface area (Å²) in [5.74, 6) is 1.63. The van der Waals surface area contributed by atoms with Crippen LogP contribution in [0.1, 0.15) is 0 Å². The van der Waals surface area contributed by atoms with Crippen molar-refractivity contribution in [2.75, 3.05) is 0 Å². The Morgan fingerprint density at radius 2 is 1.64 bits per heavy atom. The van der Waals surface area contributed by atoms with Gasteiger partial charge in [-0.25, -0.2) is 0 Å². The van der Waals surface area contributed by atoms with E-state index in [1.807, 2.05) is 24.3 Å². The smallest absolute Gasteiger partial charge is 0.169 e. The summed E-state index contributed by atoms with van der Waals surface area (Å²) >= 11 is 0. The van der Waals surface area contributed by atoms with Gasteiger partial charge < -0.3 is 9.47 Å². The molecule has 1 aliphatic rings. The second kappa shape index (κ2) is 3.17. The summed E-state index contributed by atoms with van der Waals surface area (Å²) in [5.41, 5.74) is 0. The van der Waals surface area contributed by atoms with Crippen LogP contribution < -0.4 is 9.47 Å². The molecule has 0 unspecified atom stereocenters. The van der Waals surface area contributed by atoms with Gasteiger partial charge in [0.15, 0.2) is 11.5 Å². The third-order valence-corrected chi connectivity index (χ3v) is 3.80. The summed E-state index contributed by atoms with van der Waals surface area (Å²) < 4.78 is 11.3. The molecule has 0 fully saturated rings. The molecule has 0 N–H and O–H groups in total. The number of hydrogen-bond donors (Lipinski definition) is 0. The molecule has 1 heterocycles. The third kappa shape index (κ3) is 1.68. The van der Waals surface area contributed by atoms with Crippen molar-refractivity contribution < 1.29 is 9.47 Å². The Bertz CT molecular complexity index is 377. The Hall–Kier alpha value is -1.22. The van der Waals surface area contributed by atoms with Crippen LogP contribution in [0.4, 0.5) is 0 Å². The molecule has 0 aliphatic carbocycles. The second-order valence-electron chi connectivity index (χ2n) is 4.40. The van der Waals surface area contributed by atoms with E-state index in [2.05, 4.69) is 19.6 Å². The average molecular weight is 206 g/mol. The van der Waals surface area contributed by atoms with Gasteiger partial charge in [-0.3, -0.25) is 0 Å². The molecule has 0 spiro atoms. The Labute approximate surface area is 85.2 Å². The van der Waals surface area contributed by atoms with E-state index in [0.29, 0.717) is 0 Å². The van der Waals surface area contributed by atoms with Crippen LogP contribution in [-0.2, 0) is 0 Å². The molecule has 3 heteroatoms. The topological polar surface area (TPSA) is 18.5 Å². The molecule has 2 rings (SSSR count). The molecule has 0 radical (unpaired) electrons. The van der Waals surface area contributed by atoms with Gasteiger partial charge in [-0.2, -0.15) is 0 Å². The van der Waals surface area contributed by atoms with E-state index in [9.17, 15) is 0 Å². The zero-order chi connectivity index (χ0) is 10.2. The number of rotatable bonds is 1. The lowest BCUT2D eigenvalue weighted by Crippen LogP contribution is -2.29. The third-order valence-electron chi connectivity index (χ3n) is 2.10. The van der Waals surface area contributed by atoms with Crippen LogP contribution in [0.5, 0.6) is 11.5 Å². The van der Waals surface area contributed by atoms with Crippen molar-refractivity contribution >= 4 is 8.07 Å². The Balaban J connectivity index is 2.30. The lowest BCUT2D eigenvalue weighted by molar-refractivity contribution is 0.345. The van der Waals surface area contributed by atoms with Gasteiger partial charge in [0, 0.05) is 0 Å². The molecule has 1 aromatic rings. The van der Waals surface area contributed by atoms with Gasteiger partial charge in [-0.05, 0) is 12.1 Å². The molecular weight excluding hydrogens is 192 g/mol. The van der Waals surface area contributed by atoms with Crippen LogP contribution in [0.2, 0.25) is 19.6 Å². The van der Waals surface area contributed by atoms with Crippen LogP contribution in [-0.4, -0.2) is 8.07 Å². The van der Waals surface area contributed by atoms with Crippen LogP contribution >= 0.6 is 0 Å². The lowest BCUT2D eigenvalue weighted by Gasteiger charge is -2.25. The molecule has 0 saturated heterocycles. The van der Waals surface area contributed by atoms with Crippen molar-refractivity contribution in [1.82, 2.24) is 0 Å². The average Bonchev–Trinajstić information content (AvgIpc) is 2.16. The first-order valence-corrected chi connectivity index (χ1v) is 8.21. The van der Waals surface area contributed by atoms with E-state index < -0.39 is 8.07 Å². The maximum absolute atomic E-state index is 5.79. The highest BCUT2D eigenvalue weighted by Gasteiger charge is 2.26. The van der Waals surface area contributed by atoms with Crippen LogP contribution in [0.15, 0.2) is 35.9 Å². The minimum Gasteiger partial charge on any atom is -0.460 e. The first-order chi connectivity index (χ1) is 6.57. The molecule has 0 amide bonds. The van der Waals surface area contributed by atoms with E-state index >= 15 is 0 Å². The lowest BCUT2D eigenvalue weighted by atomic mass is 10.3. The molecule has 0 saturated carbocycles. The normalized spacial score (nSPS) is 14.9. The highest BCUT2D eigenvalue weighted by molar-refractivity contribution is 6.82. The van der Waals surface area contributed by atoms with Gasteiger partial charge in [0.2, 0.25) is 0 Å². The quantitative estimate of drug-likeness (QED) is 0.657. The fourth-order valence-corrected chi connectivity index (χ4v) is 2.05. The number of fused-ring (bicyclic) bond motifs is 1. The summed E-state index contributed by atoms with van der Waals surface area (Å²) in [6.07, 6.45) is 1.74. The maximum atomic E-state index is 5.79. The Kier molecular flexibility index (Phi) is 2.11. The van der Waals surface area contributed by atoms with Crippen molar-refractivity contribution in [3.05, 3.63) is 35.9 Å². The number of para-hydroxylation sites is 2. The first kappa shape index (κ1) is 9.34. The summed E-state index contributed by atoms with van der Waals surface area (Å²) in [6, 6.07) is 7.74. The van der Waals surface area contributed by atoms with Crippen molar-refractivity contribution in [1.29, 1.82) is 0 Å². The molecule has 2 nitrogen and oxygen atoms in total. The molecule has 74 valence electrons. The molecule has 14 heavy (non-hydrogen) atoms. The summed E-state index contributed by atoms with van der Waals surface area (Å²) in [5, 5.41) is 0.996. The zero-order valence-electron chi connectivity index (χ0n) is 8.70. The Morgan fingerprint density at radius 3 is 2.29 bits per heavy atom. The molecule has 1 aromatic carbocycles.